The van der Waals surface area contributed by atoms with Crippen LogP contribution in [0, 0.1) is 13.8 Å². The molecule has 0 saturated carbocycles. The number of fused-ring (bicyclic) bond motifs is 1. The van der Waals surface area contributed by atoms with E-state index < -0.39 is 0 Å². The van der Waals surface area contributed by atoms with E-state index in [2.05, 4.69) is 34.3 Å². The zero-order chi connectivity index (χ0) is 18.1. The molecule has 3 heterocycles. The number of rotatable bonds is 5. The standard InChI is InChI=1S/C20H22N6/c1-14-11-20-22-13-19(16(3)26(20)23-14)15(2)21-12-17-9-10-25(24-17)18-7-5-4-6-8-18/h4-11,13,15,21H,12H2,1-3H3/t15-/m0/s1. The number of benzene rings is 1. The number of aryl methyl sites for hydroxylation is 2. The van der Waals surface area contributed by atoms with E-state index in [1.54, 1.807) is 0 Å². The summed E-state index contributed by atoms with van der Waals surface area (Å²) >= 11 is 0. The molecule has 4 rings (SSSR count). The van der Waals surface area contributed by atoms with Crippen LogP contribution in [-0.2, 0) is 6.54 Å². The maximum absolute atomic E-state index is 4.64. The molecule has 26 heavy (non-hydrogen) atoms. The van der Waals surface area contributed by atoms with Crippen molar-refractivity contribution in [1.29, 1.82) is 0 Å². The second-order valence-electron chi connectivity index (χ2n) is 6.54. The fraction of sp³-hybridized carbons (Fsp3) is 0.250. The highest BCUT2D eigenvalue weighted by atomic mass is 15.3. The highest BCUT2D eigenvalue weighted by Crippen LogP contribution is 2.18. The third kappa shape index (κ3) is 3.11. The van der Waals surface area contributed by atoms with E-state index in [1.165, 1.54) is 0 Å². The van der Waals surface area contributed by atoms with E-state index in [0.717, 1.165) is 34.0 Å². The minimum absolute atomic E-state index is 0.151. The van der Waals surface area contributed by atoms with E-state index in [9.17, 15) is 0 Å². The lowest BCUT2D eigenvalue weighted by molar-refractivity contribution is 0.556. The van der Waals surface area contributed by atoms with Gasteiger partial charge in [0, 0.05) is 42.3 Å². The summed E-state index contributed by atoms with van der Waals surface area (Å²) in [5, 5.41) is 12.7. The summed E-state index contributed by atoms with van der Waals surface area (Å²) in [7, 11) is 0. The molecule has 3 aromatic heterocycles. The van der Waals surface area contributed by atoms with Crippen LogP contribution in [0.5, 0.6) is 0 Å². The predicted molar refractivity (Wildman–Crippen MR) is 101 cm³/mol. The van der Waals surface area contributed by atoms with Gasteiger partial charge in [-0.3, -0.25) is 0 Å². The van der Waals surface area contributed by atoms with Crippen molar-refractivity contribution in [3.8, 4) is 5.69 Å². The molecule has 0 bridgehead atoms. The third-order valence-electron chi connectivity index (χ3n) is 4.61. The Bertz CT molecular complexity index is 1030. The van der Waals surface area contributed by atoms with Crippen LogP contribution in [0.4, 0.5) is 0 Å². The molecule has 0 aliphatic carbocycles. The van der Waals surface area contributed by atoms with E-state index in [4.69, 9.17) is 0 Å². The third-order valence-corrected chi connectivity index (χ3v) is 4.61. The van der Waals surface area contributed by atoms with Crippen molar-refractivity contribution < 1.29 is 0 Å². The minimum Gasteiger partial charge on any atom is -0.304 e. The second-order valence-corrected chi connectivity index (χ2v) is 6.54. The van der Waals surface area contributed by atoms with Gasteiger partial charge in [-0.15, -0.1) is 0 Å². The first-order valence-corrected chi connectivity index (χ1v) is 8.77. The van der Waals surface area contributed by atoms with Crippen LogP contribution in [0.2, 0.25) is 0 Å². The van der Waals surface area contributed by atoms with Crippen molar-refractivity contribution in [2.75, 3.05) is 0 Å². The summed E-state index contributed by atoms with van der Waals surface area (Å²) in [5.74, 6) is 0. The lowest BCUT2D eigenvalue weighted by Gasteiger charge is -2.16. The van der Waals surface area contributed by atoms with Crippen molar-refractivity contribution in [1.82, 2.24) is 29.7 Å². The van der Waals surface area contributed by atoms with E-state index >= 15 is 0 Å². The van der Waals surface area contributed by atoms with E-state index in [0.29, 0.717) is 6.54 Å². The molecule has 1 atom stereocenters. The van der Waals surface area contributed by atoms with Crippen molar-refractivity contribution in [2.24, 2.45) is 0 Å². The van der Waals surface area contributed by atoms with Gasteiger partial charge in [0.25, 0.3) is 0 Å². The Morgan fingerprint density at radius 2 is 1.88 bits per heavy atom. The van der Waals surface area contributed by atoms with Crippen LogP contribution >= 0.6 is 0 Å². The fourth-order valence-electron chi connectivity index (χ4n) is 3.15. The quantitative estimate of drug-likeness (QED) is 0.602. The van der Waals surface area contributed by atoms with Crippen LogP contribution in [0.3, 0.4) is 0 Å². The first kappa shape index (κ1) is 16.5. The largest absolute Gasteiger partial charge is 0.304 e. The number of aromatic nitrogens is 5. The highest BCUT2D eigenvalue weighted by molar-refractivity contribution is 5.42. The molecule has 0 unspecified atom stereocenters. The van der Waals surface area contributed by atoms with Crippen LogP contribution in [0.25, 0.3) is 11.3 Å². The number of hydrogen-bond acceptors (Lipinski definition) is 4. The minimum atomic E-state index is 0.151. The Kier molecular flexibility index (Phi) is 4.26. The van der Waals surface area contributed by atoms with Gasteiger partial charge in [-0.05, 0) is 39.0 Å². The Hall–Kier alpha value is -2.99. The van der Waals surface area contributed by atoms with Gasteiger partial charge in [-0.25, -0.2) is 14.2 Å². The highest BCUT2D eigenvalue weighted by Gasteiger charge is 2.13. The van der Waals surface area contributed by atoms with Gasteiger partial charge in [0.2, 0.25) is 0 Å². The van der Waals surface area contributed by atoms with Crippen molar-refractivity contribution >= 4 is 5.65 Å². The van der Waals surface area contributed by atoms with Gasteiger partial charge < -0.3 is 5.32 Å². The molecule has 1 aromatic carbocycles. The Morgan fingerprint density at radius 3 is 2.69 bits per heavy atom. The molecule has 1 N–H and O–H groups in total. The molecular formula is C20H22N6. The molecule has 0 aliphatic heterocycles. The first-order chi connectivity index (χ1) is 12.6. The van der Waals surface area contributed by atoms with Crippen molar-refractivity contribution in [3.05, 3.63) is 77.5 Å². The molecule has 4 aromatic rings. The SMILES string of the molecule is Cc1cc2ncc([C@H](C)NCc3ccn(-c4ccccc4)n3)c(C)n2n1. The van der Waals surface area contributed by atoms with E-state index in [-0.39, 0.29) is 6.04 Å². The average molecular weight is 346 g/mol. The Balaban J connectivity index is 1.48. The lowest BCUT2D eigenvalue weighted by Crippen LogP contribution is -2.20. The molecular weight excluding hydrogens is 324 g/mol. The smallest absolute Gasteiger partial charge is 0.155 e. The predicted octanol–water partition coefficient (Wildman–Crippen LogP) is 3.38. The normalized spacial score (nSPS) is 12.6. The van der Waals surface area contributed by atoms with Crippen LogP contribution in [-0.4, -0.2) is 24.4 Å². The summed E-state index contributed by atoms with van der Waals surface area (Å²) in [6.07, 6.45) is 3.93. The number of para-hydroxylation sites is 1. The Morgan fingerprint density at radius 1 is 1.08 bits per heavy atom. The molecule has 0 amide bonds. The number of nitrogens with one attached hydrogen (secondary N) is 1. The molecule has 132 valence electrons. The summed E-state index contributed by atoms with van der Waals surface area (Å²) in [6.45, 7) is 6.90. The molecule has 0 fully saturated rings. The number of hydrogen-bond donors (Lipinski definition) is 1. The zero-order valence-corrected chi connectivity index (χ0v) is 15.2. The maximum Gasteiger partial charge on any atom is 0.155 e. The zero-order valence-electron chi connectivity index (χ0n) is 15.2. The van der Waals surface area contributed by atoms with Crippen molar-refractivity contribution in [2.45, 2.75) is 33.4 Å². The molecule has 6 heteroatoms. The maximum atomic E-state index is 4.64. The lowest BCUT2D eigenvalue weighted by atomic mass is 10.1. The van der Waals surface area contributed by atoms with Gasteiger partial charge in [0.05, 0.1) is 17.1 Å². The molecule has 6 nitrogen and oxygen atoms in total. The second kappa shape index (κ2) is 6.72. The summed E-state index contributed by atoms with van der Waals surface area (Å²) < 4.78 is 3.81. The number of nitrogens with zero attached hydrogens (tertiary/aromatic N) is 5. The van der Waals surface area contributed by atoms with Crippen LogP contribution in [0.1, 0.15) is 35.6 Å². The summed E-state index contributed by atoms with van der Waals surface area (Å²) in [6, 6.07) is 14.3. The van der Waals surface area contributed by atoms with Gasteiger partial charge >= 0.3 is 0 Å². The van der Waals surface area contributed by atoms with E-state index in [1.807, 2.05) is 71.0 Å². The first-order valence-electron chi connectivity index (χ1n) is 8.77. The Labute approximate surface area is 152 Å². The molecule has 0 spiro atoms. The van der Waals surface area contributed by atoms with Gasteiger partial charge in [-0.2, -0.15) is 10.2 Å². The molecule has 0 radical (unpaired) electrons. The molecule has 0 aliphatic rings. The topological polar surface area (TPSA) is 60.0 Å². The molecule has 0 saturated heterocycles. The van der Waals surface area contributed by atoms with Gasteiger partial charge in [0.15, 0.2) is 5.65 Å². The summed E-state index contributed by atoms with van der Waals surface area (Å²) in [5.41, 5.74) is 6.18. The van der Waals surface area contributed by atoms with Gasteiger partial charge in [-0.1, -0.05) is 18.2 Å². The van der Waals surface area contributed by atoms with Gasteiger partial charge in [0.1, 0.15) is 0 Å². The average Bonchev–Trinajstić information content (AvgIpc) is 3.27. The summed E-state index contributed by atoms with van der Waals surface area (Å²) in [4.78, 5) is 4.52. The fourth-order valence-corrected chi connectivity index (χ4v) is 3.15. The monoisotopic (exact) mass is 346 g/mol. The van der Waals surface area contributed by atoms with Crippen LogP contribution < -0.4 is 5.32 Å². The van der Waals surface area contributed by atoms with Crippen LogP contribution in [0.15, 0.2) is 54.9 Å². The van der Waals surface area contributed by atoms with Crippen molar-refractivity contribution in [3.63, 3.8) is 0 Å².